The van der Waals surface area contributed by atoms with Crippen LogP contribution in [0.15, 0.2) is 0 Å². The number of terminal acetylenes is 1. The highest BCUT2D eigenvalue weighted by atomic mass is 16.5. The summed E-state index contributed by atoms with van der Waals surface area (Å²) in [6.07, 6.45) is 6.63. The summed E-state index contributed by atoms with van der Waals surface area (Å²) in [5.74, 6) is -1.06. The van der Waals surface area contributed by atoms with Crippen LogP contribution in [-0.4, -0.2) is 25.3 Å². The van der Waals surface area contributed by atoms with E-state index in [0.717, 1.165) is 0 Å². The summed E-state index contributed by atoms with van der Waals surface area (Å²) >= 11 is 0. The van der Waals surface area contributed by atoms with Crippen LogP contribution in [-0.2, 0) is 19.1 Å². The standard InChI is InChI=1S/C4H3NO2.C3H6O2/c1-2-7-4(6)3-5;1-3(4)5-2/h1,3,5H;1-2H3. The molecule has 0 bridgehead atoms. The van der Waals surface area contributed by atoms with Gasteiger partial charge in [0.25, 0.3) is 0 Å². The van der Waals surface area contributed by atoms with Crippen LogP contribution in [0.1, 0.15) is 6.92 Å². The number of nitrogens with one attached hydrogen (secondary N) is 1. The van der Waals surface area contributed by atoms with Gasteiger partial charge >= 0.3 is 11.9 Å². The molecule has 0 spiro atoms. The SMILES string of the molecule is C#COC(=O)C=N.COC(C)=O. The fourth-order valence-electron chi connectivity index (χ4n) is 0.0875. The Labute approximate surface area is 70.2 Å². The molecule has 0 aliphatic carbocycles. The number of carbonyl (C=O) groups is 2. The van der Waals surface area contributed by atoms with E-state index in [9.17, 15) is 9.59 Å². The Morgan fingerprint density at radius 2 is 2.00 bits per heavy atom. The van der Waals surface area contributed by atoms with Crippen molar-refractivity contribution >= 4 is 18.2 Å². The van der Waals surface area contributed by atoms with Gasteiger partial charge in [-0.25, -0.2) is 4.79 Å². The van der Waals surface area contributed by atoms with Crippen molar-refractivity contribution in [2.75, 3.05) is 7.11 Å². The smallest absolute Gasteiger partial charge is 0.362 e. The number of rotatable bonds is 1. The Bertz CT molecular complexity index is 204. The van der Waals surface area contributed by atoms with E-state index in [1.807, 2.05) is 0 Å². The van der Waals surface area contributed by atoms with E-state index in [1.54, 1.807) is 6.11 Å². The van der Waals surface area contributed by atoms with E-state index >= 15 is 0 Å². The molecule has 0 amide bonds. The Balaban J connectivity index is 0. The summed E-state index contributed by atoms with van der Waals surface area (Å²) < 4.78 is 7.95. The van der Waals surface area contributed by atoms with E-state index in [0.29, 0.717) is 6.21 Å². The molecule has 0 rings (SSSR count). The third kappa shape index (κ3) is 15.7. The van der Waals surface area contributed by atoms with Gasteiger partial charge in [-0.15, -0.1) is 0 Å². The topological polar surface area (TPSA) is 76.5 Å². The second-order valence-corrected chi connectivity index (χ2v) is 1.38. The van der Waals surface area contributed by atoms with Gasteiger partial charge in [0.2, 0.25) is 0 Å². The summed E-state index contributed by atoms with van der Waals surface area (Å²) in [4.78, 5) is 19.4. The van der Waals surface area contributed by atoms with Gasteiger partial charge in [-0.1, -0.05) is 6.42 Å². The minimum absolute atomic E-state index is 0.245. The first-order chi connectivity index (χ1) is 5.58. The van der Waals surface area contributed by atoms with Gasteiger partial charge in [0.05, 0.1) is 7.11 Å². The third-order valence-electron chi connectivity index (χ3n) is 0.565. The lowest BCUT2D eigenvalue weighted by atomic mass is 10.8. The van der Waals surface area contributed by atoms with Crippen molar-refractivity contribution < 1.29 is 19.1 Å². The maximum Gasteiger partial charge on any atom is 0.362 e. The van der Waals surface area contributed by atoms with Crippen LogP contribution in [0.25, 0.3) is 0 Å². The zero-order chi connectivity index (χ0) is 9.98. The fourth-order valence-corrected chi connectivity index (χ4v) is 0.0875. The fraction of sp³-hybridized carbons (Fsp3) is 0.286. The van der Waals surface area contributed by atoms with Crippen molar-refractivity contribution in [2.45, 2.75) is 6.92 Å². The van der Waals surface area contributed by atoms with Crippen molar-refractivity contribution in [2.24, 2.45) is 0 Å². The summed E-state index contributed by atoms with van der Waals surface area (Å²) in [7, 11) is 1.35. The molecule has 0 saturated carbocycles. The minimum Gasteiger partial charge on any atom is -0.469 e. The molecule has 0 aliphatic rings. The van der Waals surface area contributed by atoms with Gasteiger partial charge in [0, 0.05) is 6.92 Å². The number of hydrogen-bond donors (Lipinski definition) is 1. The van der Waals surface area contributed by atoms with Crippen molar-refractivity contribution in [3.8, 4) is 12.5 Å². The monoisotopic (exact) mass is 171 g/mol. The zero-order valence-corrected chi connectivity index (χ0v) is 6.79. The molecule has 0 fully saturated rings. The second kappa shape index (κ2) is 9.17. The second-order valence-electron chi connectivity index (χ2n) is 1.38. The number of methoxy groups -OCH3 is 1. The van der Waals surface area contributed by atoms with E-state index < -0.39 is 5.97 Å². The molecular formula is C7H9NO4. The first-order valence-electron chi connectivity index (χ1n) is 2.79. The van der Waals surface area contributed by atoms with Gasteiger partial charge in [-0.3, -0.25) is 4.79 Å². The van der Waals surface area contributed by atoms with Crippen molar-refractivity contribution in [1.82, 2.24) is 0 Å². The lowest BCUT2D eigenvalue weighted by Gasteiger charge is -1.80. The number of esters is 2. The van der Waals surface area contributed by atoms with Gasteiger partial charge in [-0.05, 0) is 0 Å². The molecule has 5 nitrogen and oxygen atoms in total. The van der Waals surface area contributed by atoms with Crippen molar-refractivity contribution in [3.63, 3.8) is 0 Å². The van der Waals surface area contributed by atoms with Crippen LogP contribution in [0.2, 0.25) is 0 Å². The van der Waals surface area contributed by atoms with Gasteiger partial charge in [-0.2, -0.15) is 0 Å². The molecule has 66 valence electrons. The van der Waals surface area contributed by atoms with E-state index in [4.69, 9.17) is 5.41 Å². The van der Waals surface area contributed by atoms with Crippen LogP contribution in [0.4, 0.5) is 0 Å². The van der Waals surface area contributed by atoms with Crippen LogP contribution >= 0.6 is 0 Å². The summed E-state index contributed by atoms with van der Waals surface area (Å²) in [5, 5.41) is 6.22. The van der Waals surface area contributed by atoms with Gasteiger partial charge in [0.1, 0.15) is 12.3 Å². The van der Waals surface area contributed by atoms with Crippen molar-refractivity contribution in [3.05, 3.63) is 0 Å². The molecule has 0 aliphatic heterocycles. The quantitative estimate of drug-likeness (QED) is 0.341. The minimum atomic E-state index is -0.817. The Morgan fingerprint density at radius 3 is 2.08 bits per heavy atom. The third-order valence-corrected chi connectivity index (χ3v) is 0.565. The number of ether oxygens (including phenoxy) is 2. The summed E-state index contributed by atoms with van der Waals surface area (Å²) in [5.41, 5.74) is 0. The maximum absolute atomic E-state index is 9.80. The molecule has 0 heterocycles. The van der Waals surface area contributed by atoms with Crippen LogP contribution in [0.3, 0.4) is 0 Å². The first-order valence-corrected chi connectivity index (χ1v) is 2.79. The predicted octanol–water partition coefficient (Wildman–Crippen LogP) is -0.0508. The number of carbonyl (C=O) groups excluding carboxylic acids is 2. The summed E-state index contributed by atoms with van der Waals surface area (Å²) in [6.45, 7) is 1.36. The Morgan fingerprint density at radius 1 is 1.58 bits per heavy atom. The molecule has 0 aromatic carbocycles. The molecule has 0 aromatic rings. The van der Waals surface area contributed by atoms with Crippen LogP contribution in [0.5, 0.6) is 0 Å². The predicted molar refractivity (Wildman–Crippen MR) is 41.4 cm³/mol. The van der Waals surface area contributed by atoms with Crippen molar-refractivity contribution in [1.29, 1.82) is 5.41 Å². The lowest BCUT2D eigenvalue weighted by molar-refractivity contribution is -0.138. The molecule has 12 heavy (non-hydrogen) atoms. The average molecular weight is 171 g/mol. The largest absolute Gasteiger partial charge is 0.469 e. The van der Waals surface area contributed by atoms with Crippen LogP contribution in [0, 0.1) is 17.9 Å². The molecule has 0 aromatic heterocycles. The molecular weight excluding hydrogens is 162 g/mol. The molecule has 1 N–H and O–H groups in total. The lowest BCUT2D eigenvalue weighted by Crippen LogP contribution is -1.98. The first kappa shape index (κ1) is 12.8. The van der Waals surface area contributed by atoms with E-state index in [1.165, 1.54) is 14.0 Å². The molecule has 5 heteroatoms. The molecule has 0 radical (unpaired) electrons. The van der Waals surface area contributed by atoms with Gasteiger partial charge < -0.3 is 14.9 Å². The molecule has 0 saturated heterocycles. The maximum atomic E-state index is 9.80. The highest BCUT2D eigenvalue weighted by Gasteiger charge is 1.87. The average Bonchev–Trinajstić information content (AvgIpc) is 2.06. The summed E-state index contributed by atoms with van der Waals surface area (Å²) in [6, 6.07) is 0. The Kier molecular flexibility index (Phi) is 9.79. The normalized spacial score (nSPS) is 6.42. The highest BCUT2D eigenvalue weighted by Crippen LogP contribution is 1.64. The number of hydrogen-bond acceptors (Lipinski definition) is 5. The molecule has 0 unspecified atom stereocenters. The highest BCUT2D eigenvalue weighted by molar-refractivity contribution is 6.22. The van der Waals surface area contributed by atoms with E-state index in [-0.39, 0.29) is 5.97 Å². The van der Waals surface area contributed by atoms with Crippen LogP contribution < -0.4 is 0 Å². The van der Waals surface area contributed by atoms with Gasteiger partial charge in [0.15, 0.2) is 0 Å². The zero-order valence-electron chi connectivity index (χ0n) is 6.79. The van der Waals surface area contributed by atoms with E-state index in [2.05, 4.69) is 15.9 Å². The Hall–Kier alpha value is -1.83. The molecule has 0 atom stereocenters.